The number of hydrogen-bond donors (Lipinski definition) is 1. The van der Waals surface area contributed by atoms with E-state index in [1.54, 1.807) is 0 Å². The summed E-state index contributed by atoms with van der Waals surface area (Å²) in [7, 11) is 4.14. The normalized spacial score (nSPS) is 29.4. The van der Waals surface area contributed by atoms with E-state index < -0.39 is 5.79 Å². The molecular weight excluding hydrogens is 384 g/mol. The lowest BCUT2D eigenvalue weighted by atomic mass is 9.77. The lowest BCUT2D eigenvalue weighted by Gasteiger charge is -2.45. The highest BCUT2D eigenvalue weighted by atomic mass is 16.7. The number of nitrogens with zero attached hydrogens (tertiary/aromatic N) is 3. The fourth-order valence-electron chi connectivity index (χ4n) is 5.45. The predicted molar refractivity (Wildman–Crippen MR) is 113 cm³/mol. The van der Waals surface area contributed by atoms with Crippen molar-refractivity contribution in [1.29, 1.82) is 0 Å². The van der Waals surface area contributed by atoms with Crippen LogP contribution in [-0.2, 0) is 14.3 Å². The maximum Gasteiger partial charge on any atom is 0.324 e. The van der Waals surface area contributed by atoms with Crippen molar-refractivity contribution in [1.82, 2.24) is 20.0 Å². The van der Waals surface area contributed by atoms with E-state index >= 15 is 0 Å². The van der Waals surface area contributed by atoms with E-state index in [2.05, 4.69) is 28.2 Å². The molecule has 168 valence electrons. The van der Waals surface area contributed by atoms with Gasteiger partial charge >= 0.3 is 6.03 Å². The summed E-state index contributed by atoms with van der Waals surface area (Å²) in [4.78, 5) is 32.1. The minimum atomic E-state index is -0.518. The Morgan fingerprint density at radius 1 is 1.23 bits per heavy atom. The van der Waals surface area contributed by atoms with E-state index in [1.165, 1.54) is 10.6 Å². The van der Waals surface area contributed by atoms with Crippen molar-refractivity contribution in [2.75, 3.05) is 53.5 Å². The predicted octanol–water partition coefficient (Wildman–Crippen LogP) is 1.63. The topological polar surface area (TPSA) is 74.4 Å². The number of hydrogen-bond acceptors (Lipinski definition) is 6. The van der Waals surface area contributed by atoms with Crippen molar-refractivity contribution in [2.45, 2.75) is 50.9 Å². The van der Waals surface area contributed by atoms with Crippen LogP contribution in [0.4, 0.5) is 4.79 Å². The van der Waals surface area contributed by atoms with E-state index in [4.69, 9.17) is 9.47 Å². The summed E-state index contributed by atoms with van der Waals surface area (Å²) >= 11 is 0. The zero-order valence-electron chi connectivity index (χ0n) is 18.6. The monoisotopic (exact) mass is 420 g/mol. The molecule has 3 saturated heterocycles. The van der Waals surface area contributed by atoms with E-state index in [1.807, 2.05) is 14.0 Å². The average molecular weight is 421 g/mol. The highest BCUT2D eigenvalue weighted by Gasteiger charge is 2.46. The number of ether oxygens (including phenoxy) is 2. The molecule has 0 unspecified atom stereocenters. The lowest BCUT2D eigenvalue weighted by Crippen LogP contribution is -2.54. The molecule has 0 aromatic carbocycles. The first-order valence-electron chi connectivity index (χ1n) is 11.4. The van der Waals surface area contributed by atoms with Gasteiger partial charge in [0.15, 0.2) is 5.79 Å². The maximum absolute atomic E-state index is 13.3. The molecule has 1 aliphatic carbocycles. The number of nitrogens with one attached hydrogen (secondary N) is 1. The molecule has 1 spiro atoms. The van der Waals surface area contributed by atoms with Crippen LogP contribution in [-0.4, -0.2) is 92.0 Å². The van der Waals surface area contributed by atoms with Crippen molar-refractivity contribution < 1.29 is 19.1 Å². The van der Waals surface area contributed by atoms with Gasteiger partial charge in [0.25, 0.3) is 0 Å². The number of urea groups is 1. The number of carbonyl (C=O) groups excluding carboxylic acids is 2. The Kier molecular flexibility index (Phi) is 6.36. The van der Waals surface area contributed by atoms with Crippen LogP contribution in [0.25, 0.3) is 0 Å². The van der Waals surface area contributed by atoms with E-state index in [9.17, 15) is 9.59 Å². The zero-order valence-corrected chi connectivity index (χ0v) is 18.6. The van der Waals surface area contributed by atoms with Gasteiger partial charge in [0.1, 0.15) is 0 Å². The highest BCUT2D eigenvalue weighted by Crippen LogP contribution is 2.44. The van der Waals surface area contributed by atoms with Crippen LogP contribution in [0.5, 0.6) is 0 Å². The lowest BCUT2D eigenvalue weighted by molar-refractivity contribution is -0.174. The fourth-order valence-corrected chi connectivity index (χ4v) is 5.45. The first-order chi connectivity index (χ1) is 14.4. The number of amides is 3. The second kappa shape index (κ2) is 8.85. The molecule has 0 aromatic heterocycles. The van der Waals surface area contributed by atoms with E-state index in [0.717, 1.165) is 45.2 Å². The van der Waals surface area contributed by atoms with E-state index in [0.29, 0.717) is 26.3 Å². The first kappa shape index (κ1) is 21.6. The molecule has 3 fully saturated rings. The van der Waals surface area contributed by atoms with Crippen LogP contribution >= 0.6 is 0 Å². The van der Waals surface area contributed by atoms with Crippen LogP contribution in [0.2, 0.25) is 0 Å². The molecule has 3 aliphatic heterocycles. The number of carbonyl (C=O) groups is 2. The molecule has 8 heteroatoms. The van der Waals surface area contributed by atoms with Gasteiger partial charge < -0.3 is 24.6 Å². The number of piperidine rings is 2. The molecule has 0 saturated carbocycles. The van der Waals surface area contributed by atoms with Crippen LogP contribution in [0, 0.1) is 11.8 Å². The van der Waals surface area contributed by atoms with Gasteiger partial charge in [-0.3, -0.25) is 9.69 Å². The summed E-state index contributed by atoms with van der Waals surface area (Å²) in [6.07, 6.45) is 6.35. The minimum Gasteiger partial charge on any atom is -0.377 e. The number of imide groups is 1. The van der Waals surface area contributed by atoms with Crippen molar-refractivity contribution in [3.63, 3.8) is 0 Å². The van der Waals surface area contributed by atoms with Crippen LogP contribution < -0.4 is 5.32 Å². The molecule has 2 atom stereocenters. The largest absolute Gasteiger partial charge is 0.377 e. The average Bonchev–Trinajstić information content (AvgIpc) is 3.17. The standard InChI is InChI=1S/C22H36N4O4/c1-4-26(21(28)23-18-6-9-24(2)10-7-18)20(27)17-13-16-14-22(29-11-12-30-22)8-5-19(16)25(3)15-17/h5,16-18H,4,6-15H2,1-3H3,(H,23,28)/t16-,17-/m1/s1. The third-order valence-corrected chi connectivity index (χ3v) is 7.14. The molecule has 4 rings (SSSR count). The molecule has 3 amide bonds. The highest BCUT2D eigenvalue weighted by molar-refractivity contribution is 5.95. The number of fused-ring (bicyclic) bond motifs is 1. The maximum atomic E-state index is 13.3. The Labute approximate surface area is 179 Å². The first-order valence-corrected chi connectivity index (χ1v) is 11.4. The SMILES string of the molecule is CCN(C(=O)NC1CCN(C)CC1)C(=O)[C@@H]1C[C@@H]2CC3(CC=C2N(C)C1)OCCO3. The van der Waals surface area contributed by atoms with Gasteiger partial charge in [-0.1, -0.05) is 6.08 Å². The van der Waals surface area contributed by atoms with Gasteiger partial charge in [-0.05, 0) is 46.3 Å². The van der Waals surface area contributed by atoms with Gasteiger partial charge in [0, 0.05) is 50.6 Å². The summed E-state index contributed by atoms with van der Waals surface area (Å²) in [5.74, 6) is -0.561. The van der Waals surface area contributed by atoms with Crippen molar-refractivity contribution in [3.8, 4) is 0 Å². The molecule has 0 radical (unpaired) electrons. The van der Waals surface area contributed by atoms with Crippen molar-refractivity contribution in [3.05, 3.63) is 11.8 Å². The summed E-state index contributed by atoms with van der Waals surface area (Å²) in [6.45, 7) is 6.13. The fraction of sp³-hybridized carbons (Fsp3) is 0.818. The van der Waals surface area contributed by atoms with Crippen LogP contribution in [0.3, 0.4) is 0 Å². The molecule has 1 N–H and O–H groups in total. The second-order valence-corrected chi connectivity index (χ2v) is 9.26. The number of allylic oxidation sites excluding steroid dienone is 1. The molecule has 0 aromatic rings. The van der Waals surface area contributed by atoms with Gasteiger partial charge in [-0.15, -0.1) is 0 Å². The minimum absolute atomic E-state index is 0.0679. The summed E-state index contributed by atoms with van der Waals surface area (Å²) < 4.78 is 11.8. The molecule has 3 heterocycles. The second-order valence-electron chi connectivity index (χ2n) is 9.26. The Morgan fingerprint density at radius 3 is 2.60 bits per heavy atom. The van der Waals surface area contributed by atoms with Gasteiger partial charge in [-0.25, -0.2) is 4.79 Å². The molecule has 0 bridgehead atoms. The Hall–Kier alpha value is -1.64. The van der Waals surface area contributed by atoms with Crippen LogP contribution in [0.15, 0.2) is 11.8 Å². The zero-order chi connectivity index (χ0) is 21.3. The third kappa shape index (κ3) is 4.36. The molecule has 8 nitrogen and oxygen atoms in total. The summed E-state index contributed by atoms with van der Waals surface area (Å²) in [6, 6.07) is -0.0994. The van der Waals surface area contributed by atoms with Crippen molar-refractivity contribution >= 4 is 11.9 Å². The van der Waals surface area contributed by atoms with E-state index in [-0.39, 0.29) is 29.8 Å². The smallest absolute Gasteiger partial charge is 0.324 e. The third-order valence-electron chi connectivity index (χ3n) is 7.14. The summed E-state index contributed by atoms with van der Waals surface area (Å²) in [5, 5.41) is 3.09. The molecular formula is C22H36N4O4. The Balaban J connectivity index is 1.40. The van der Waals surface area contributed by atoms with Crippen LogP contribution in [0.1, 0.15) is 39.0 Å². The van der Waals surface area contributed by atoms with Gasteiger partial charge in [-0.2, -0.15) is 0 Å². The summed E-state index contributed by atoms with van der Waals surface area (Å²) in [5.41, 5.74) is 1.28. The molecule has 4 aliphatic rings. The quantitative estimate of drug-likeness (QED) is 0.748. The Morgan fingerprint density at radius 2 is 1.93 bits per heavy atom. The Bertz CT molecular complexity index is 683. The van der Waals surface area contributed by atoms with Crippen molar-refractivity contribution in [2.24, 2.45) is 11.8 Å². The number of rotatable bonds is 3. The van der Waals surface area contributed by atoms with Gasteiger partial charge in [0.2, 0.25) is 5.91 Å². The van der Waals surface area contributed by atoms with Gasteiger partial charge in [0.05, 0.1) is 19.1 Å². The molecule has 30 heavy (non-hydrogen) atoms. The number of likely N-dealkylation sites (tertiary alicyclic amines) is 2.